The van der Waals surface area contributed by atoms with Gasteiger partial charge in [-0.05, 0) is 29.7 Å². The molecule has 0 saturated carbocycles. The third-order valence-corrected chi connectivity index (χ3v) is 5.59. The molecular formula is C20H26N2O4S. The molecule has 1 amide bonds. The van der Waals surface area contributed by atoms with Gasteiger partial charge in [-0.15, -0.1) is 0 Å². The van der Waals surface area contributed by atoms with Crippen molar-refractivity contribution in [1.82, 2.24) is 0 Å². The van der Waals surface area contributed by atoms with E-state index in [9.17, 15) is 13.2 Å². The van der Waals surface area contributed by atoms with Gasteiger partial charge in [0.15, 0.2) is 0 Å². The van der Waals surface area contributed by atoms with Crippen molar-refractivity contribution in [2.24, 2.45) is 5.92 Å². The number of amides is 1. The largest absolute Gasteiger partial charge is 0.497 e. The van der Waals surface area contributed by atoms with Gasteiger partial charge in [-0.1, -0.05) is 45.0 Å². The SMILES string of the molecule is COc1cccc(NS(=O)(=O)CC(C)C(=O)Nc2ccccc2C(C)C)c1. The van der Waals surface area contributed by atoms with E-state index in [4.69, 9.17) is 4.74 Å². The van der Waals surface area contributed by atoms with Crippen LogP contribution in [0.3, 0.4) is 0 Å². The molecule has 0 aromatic heterocycles. The lowest BCUT2D eigenvalue weighted by Gasteiger charge is -2.17. The Morgan fingerprint density at radius 1 is 1.07 bits per heavy atom. The molecule has 0 aliphatic heterocycles. The number of carbonyl (C=O) groups is 1. The minimum atomic E-state index is -3.69. The number of rotatable bonds is 8. The van der Waals surface area contributed by atoms with Crippen LogP contribution in [0.2, 0.25) is 0 Å². The van der Waals surface area contributed by atoms with Crippen molar-refractivity contribution in [3.8, 4) is 5.75 Å². The van der Waals surface area contributed by atoms with Gasteiger partial charge in [-0.25, -0.2) is 8.42 Å². The van der Waals surface area contributed by atoms with E-state index in [0.29, 0.717) is 17.1 Å². The summed E-state index contributed by atoms with van der Waals surface area (Å²) in [7, 11) is -2.18. The quantitative estimate of drug-likeness (QED) is 0.717. The number of para-hydroxylation sites is 1. The van der Waals surface area contributed by atoms with Gasteiger partial charge in [0.1, 0.15) is 5.75 Å². The molecule has 2 rings (SSSR count). The van der Waals surface area contributed by atoms with Crippen LogP contribution in [0.1, 0.15) is 32.3 Å². The fourth-order valence-corrected chi connectivity index (χ4v) is 4.06. The van der Waals surface area contributed by atoms with Gasteiger partial charge in [0.25, 0.3) is 0 Å². The fourth-order valence-electron chi connectivity index (χ4n) is 2.68. The molecule has 1 unspecified atom stereocenters. The van der Waals surface area contributed by atoms with Crippen molar-refractivity contribution >= 4 is 27.3 Å². The zero-order valence-corrected chi connectivity index (χ0v) is 16.8. The second-order valence-electron chi connectivity index (χ2n) is 6.75. The van der Waals surface area contributed by atoms with Crippen molar-refractivity contribution in [3.05, 3.63) is 54.1 Å². The Hall–Kier alpha value is -2.54. The highest BCUT2D eigenvalue weighted by Crippen LogP contribution is 2.24. The molecule has 2 aromatic carbocycles. The van der Waals surface area contributed by atoms with Gasteiger partial charge in [-0.2, -0.15) is 0 Å². The van der Waals surface area contributed by atoms with Gasteiger partial charge in [0.05, 0.1) is 24.5 Å². The number of sulfonamides is 1. The first-order valence-electron chi connectivity index (χ1n) is 8.76. The van der Waals surface area contributed by atoms with Crippen molar-refractivity contribution < 1.29 is 17.9 Å². The van der Waals surface area contributed by atoms with Crippen LogP contribution in [0.4, 0.5) is 11.4 Å². The van der Waals surface area contributed by atoms with Crippen LogP contribution >= 0.6 is 0 Å². The van der Waals surface area contributed by atoms with E-state index in [1.807, 2.05) is 38.1 Å². The molecule has 0 saturated heterocycles. The smallest absolute Gasteiger partial charge is 0.233 e. The topological polar surface area (TPSA) is 84.5 Å². The molecule has 0 aliphatic rings. The first-order chi connectivity index (χ1) is 12.7. The van der Waals surface area contributed by atoms with E-state index in [1.165, 1.54) is 7.11 Å². The molecule has 0 fully saturated rings. The summed E-state index contributed by atoms with van der Waals surface area (Å²) >= 11 is 0. The molecule has 6 nitrogen and oxygen atoms in total. The molecule has 1 atom stereocenters. The lowest BCUT2D eigenvalue weighted by atomic mass is 10.0. The van der Waals surface area contributed by atoms with Crippen LogP contribution in [0.25, 0.3) is 0 Å². The summed E-state index contributed by atoms with van der Waals surface area (Å²) in [5, 5.41) is 2.85. The van der Waals surface area contributed by atoms with Gasteiger partial charge in [0, 0.05) is 11.8 Å². The van der Waals surface area contributed by atoms with Crippen LogP contribution < -0.4 is 14.8 Å². The van der Waals surface area contributed by atoms with Crippen LogP contribution in [0, 0.1) is 5.92 Å². The summed E-state index contributed by atoms with van der Waals surface area (Å²) in [6.45, 7) is 5.67. The van der Waals surface area contributed by atoms with Crippen LogP contribution in [0.15, 0.2) is 48.5 Å². The summed E-state index contributed by atoms with van der Waals surface area (Å²) < 4.78 is 32.4. The van der Waals surface area contributed by atoms with Crippen molar-refractivity contribution in [2.45, 2.75) is 26.7 Å². The monoisotopic (exact) mass is 390 g/mol. The van der Waals surface area contributed by atoms with E-state index in [1.54, 1.807) is 31.2 Å². The highest BCUT2D eigenvalue weighted by molar-refractivity contribution is 7.92. The maximum atomic E-state index is 12.5. The number of benzene rings is 2. The van der Waals surface area contributed by atoms with E-state index < -0.39 is 15.9 Å². The molecule has 146 valence electrons. The number of carbonyl (C=O) groups excluding carboxylic acids is 1. The highest BCUT2D eigenvalue weighted by atomic mass is 32.2. The van der Waals surface area contributed by atoms with Gasteiger partial charge in [0.2, 0.25) is 15.9 Å². The van der Waals surface area contributed by atoms with Crippen LogP contribution in [-0.2, 0) is 14.8 Å². The summed E-state index contributed by atoms with van der Waals surface area (Å²) in [6, 6.07) is 14.2. The number of ether oxygens (including phenoxy) is 1. The first-order valence-corrected chi connectivity index (χ1v) is 10.4. The Morgan fingerprint density at radius 2 is 1.78 bits per heavy atom. The first kappa shape index (κ1) is 20.8. The predicted octanol–water partition coefficient (Wildman–Crippen LogP) is 3.84. The Bertz CT molecular complexity index is 894. The van der Waals surface area contributed by atoms with Crippen molar-refractivity contribution in [2.75, 3.05) is 22.9 Å². The van der Waals surface area contributed by atoms with E-state index >= 15 is 0 Å². The van der Waals surface area contributed by atoms with E-state index in [2.05, 4.69) is 10.0 Å². The van der Waals surface area contributed by atoms with Crippen LogP contribution in [0.5, 0.6) is 5.75 Å². The Morgan fingerprint density at radius 3 is 2.44 bits per heavy atom. The summed E-state index contributed by atoms with van der Waals surface area (Å²) in [6.07, 6.45) is 0. The molecule has 27 heavy (non-hydrogen) atoms. The third-order valence-electron chi connectivity index (χ3n) is 4.10. The number of methoxy groups -OCH3 is 1. The molecule has 0 aliphatic carbocycles. The lowest BCUT2D eigenvalue weighted by Crippen LogP contribution is -2.30. The molecule has 0 bridgehead atoms. The number of hydrogen-bond donors (Lipinski definition) is 2. The minimum Gasteiger partial charge on any atom is -0.497 e. The van der Waals surface area contributed by atoms with Crippen LogP contribution in [-0.4, -0.2) is 27.2 Å². The standard InChI is InChI=1S/C20H26N2O4S/c1-14(2)18-10-5-6-11-19(18)21-20(23)15(3)13-27(24,25)22-16-8-7-9-17(12-16)26-4/h5-12,14-15,22H,13H2,1-4H3,(H,21,23). The molecular weight excluding hydrogens is 364 g/mol. The van der Waals surface area contributed by atoms with Crippen molar-refractivity contribution in [3.63, 3.8) is 0 Å². The molecule has 0 radical (unpaired) electrons. The summed E-state index contributed by atoms with van der Waals surface area (Å²) in [4.78, 5) is 12.5. The number of nitrogens with one attached hydrogen (secondary N) is 2. The second kappa shape index (κ2) is 8.90. The summed E-state index contributed by atoms with van der Waals surface area (Å²) in [5.41, 5.74) is 2.12. The Balaban J connectivity index is 2.04. The Labute approximate surface area is 161 Å². The molecule has 2 N–H and O–H groups in total. The molecule has 0 heterocycles. The second-order valence-corrected chi connectivity index (χ2v) is 8.51. The summed E-state index contributed by atoms with van der Waals surface area (Å²) in [5.74, 6) is -0.575. The maximum Gasteiger partial charge on any atom is 0.233 e. The van der Waals surface area contributed by atoms with Gasteiger partial charge < -0.3 is 10.1 Å². The van der Waals surface area contributed by atoms with Gasteiger partial charge >= 0.3 is 0 Å². The van der Waals surface area contributed by atoms with E-state index in [0.717, 1.165) is 5.56 Å². The average molecular weight is 391 g/mol. The molecule has 7 heteroatoms. The maximum absolute atomic E-state index is 12.5. The average Bonchev–Trinajstić information content (AvgIpc) is 2.61. The zero-order chi connectivity index (χ0) is 20.0. The minimum absolute atomic E-state index is 0.246. The number of anilines is 2. The lowest BCUT2D eigenvalue weighted by molar-refractivity contribution is -0.118. The third kappa shape index (κ3) is 5.99. The Kier molecular flexibility index (Phi) is 6.85. The normalized spacial score (nSPS) is 12.5. The number of hydrogen-bond acceptors (Lipinski definition) is 4. The fraction of sp³-hybridized carbons (Fsp3) is 0.350. The van der Waals surface area contributed by atoms with E-state index in [-0.39, 0.29) is 17.6 Å². The molecule has 2 aromatic rings. The molecule has 0 spiro atoms. The zero-order valence-electron chi connectivity index (χ0n) is 16.0. The van der Waals surface area contributed by atoms with Crippen molar-refractivity contribution in [1.29, 1.82) is 0 Å². The van der Waals surface area contributed by atoms with Gasteiger partial charge in [-0.3, -0.25) is 9.52 Å². The highest BCUT2D eigenvalue weighted by Gasteiger charge is 2.22. The predicted molar refractivity (Wildman–Crippen MR) is 109 cm³/mol.